The first-order valence-corrected chi connectivity index (χ1v) is 5.28. The van der Waals surface area contributed by atoms with Gasteiger partial charge < -0.3 is 21.3 Å². The van der Waals surface area contributed by atoms with E-state index in [1.807, 2.05) is 13.8 Å². The number of hydrogen-bond acceptors (Lipinski definition) is 4. The van der Waals surface area contributed by atoms with Crippen LogP contribution < -0.4 is 11.1 Å². The second-order valence-corrected chi connectivity index (χ2v) is 4.15. The van der Waals surface area contributed by atoms with Gasteiger partial charge in [0.15, 0.2) is 0 Å². The quantitative estimate of drug-likeness (QED) is 0.464. The summed E-state index contributed by atoms with van der Waals surface area (Å²) in [6.07, 6.45) is 0.479. The van der Waals surface area contributed by atoms with Crippen LogP contribution in [0.15, 0.2) is 0 Å². The average molecular weight is 232 g/mol. The number of carboxylic acid groups (broad SMARTS) is 1. The lowest BCUT2D eigenvalue weighted by Crippen LogP contribution is -2.49. The smallest absolute Gasteiger partial charge is 0.326 e. The second-order valence-electron chi connectivity index (χ2n) is 4.15. The normalized spacial score (nSPS) is 14.6. The monoisotopic (exact) mass is 232 g/mol. The topological polar surface area (TPSA) is 113 Å². The Hall–Kier alpha value is -1.14. The van der Waals surface area contributed by atoms with E-state index < -0.39 is 24.0 Å². The van der Waals surface area contributed by atoms with Gasteiger partial charge in [-0.15, -0.1) is 0 Å². The first-order valence-electron chi connectivity index (χ1n) is 5.28. The zero-order valence-electron chi connectivity index (χ0n) is 9.64. The predicted octanol–water partition coefficient (Wildman–Crippen LogP) is -0.688. The lowest BCUT2D eigenvalue weighted by molar-refractivity contribution is -0.142. The molecule has 0 aromatic carbocycles. The van der Waals surface area contributed by atoms with Crippen molar-refractivity contribution >= 4 is 11.9 Å². The summed E-state index contributed by atoms with van der Waals surface area (Å²) < 4.78 is 0. The van der Waals surface area contributed by atoms with Crippen LogP contribution in [-0.4, -0.2) is 40.8 Å². The van der Waals surface area contributed by atoms with Crippen LogP contribution >= 0.6 is 0 Å². The summed E-state index contributed by atoms with van der Waals surface area (Å²) >= 11 is 0. The van der Waals surface area contributed by atoms with Crippen LogP contribution in [0.4, 0.5) is 0 Å². The molecule has 0 bridgehead atoms. The van der Waals surface area contributed by atoms with E-state index in [1.165, 1.54) is 0 Å². The fourth-order valence-corrected chi connectivity index (χ4v) is 1.24. The van der Waals surface area contributed by atoms with Crippen molar-refractivity contribution in [1.82, 2.24) is 5.32 Å². The van der Waals surface area contributed by atoms with Gasteiger partial charge in [0.05, 0.1) is 6.04 Å². The number of carbonyl (C=O) groups excluding carboxylic acids is 1. The molecule has 0 aliphatic carbocycles. The molecule has 0 radical (unpaired) electrons. The fourth-order valence-electron chi connectivity index (χ4n) is 1.24. The molecule has 0 heterocycles. The van der Waals surface area contributed by atoms with Crippen LogP contribution in [0.1, 0.15) is 26.7 Å². The van der Waals surface area contributed by atoms with Gasteiger partial charge in [0, 0.05) is 6.61 Å². The highest BCUT2D eigenvalue weighted by atomic mass is 16.4. The number of aliphatic hydroxyl groups is 1. The molecule has 6 nitrogen and oxygen atoms in total. The van der Waals surface area contributed by atoms with Crippen molar-refractivity contribution < 1.29 is 19.8 Å². The number of nitrogens with one attached hydrogen (secondary N) is 1. The minimum atomic E-state index is -1.07. The summed E-state index contributed by atoms with van der Waals surface area (Å²) in [6.45, 7) is 3.54. The Bertz CT molecular complexity index is 243. The van der Waals surface area contributed by atoms with Gasteiger partial charge in [0.1, 0.15) is 6.04 Å². The minimum Gasteiger partial charge on any atom is -0.480 e. The van der Waals surface area contributed by atoms with Gasteiger partial charge in [0.2, 0.25) is 5.91 Å². The zero-order valence-corrected chi connectivity index (χ0v) is 9.64. The number of hydrogen-bond donors (Lipinski definition) is 4. The zero-order chi connectivity index (χ0) is 12.7. The summed E-state index contributed by atoms with van der Waals surface area (Å²) in [5, 5.41) is 19.8. The van der Waals surface area contributed by atoms with Crippen LogP contribution in [0.5, 0.6) is 0 Å². The molecule has 0 aromatic heterocycles. The lowest BCUT2D eigenvalue weighted by atomic mass is 10.0. The maximum absolute atomic E-state index is 11.4. The molecule has 6 heteroatoms. The molecule has 0 aliphatic rings. The van der Waals surface area contributed by atoms with Crippen molar-refractivity contribution in [1.29, 1.82) is 0 Å². The van der Waals surface area contributed by atoms with Crippen molar-refractivity contribution in [3.05, 3.63) is 0 Å². The van der Waals surface area contributed by atoms with E-state index in [0.717, 1.165) is 0 Å². The van der Waals surface area contributed by atoms with Crippen LogP contribution in [-0.2, 0) is 9.59 Å². The average Bonchev–Trinajstić information content (AvgIpc) is 2.16. The number of amides is 1. The Morgan fingerprint density at radius 2 is 1.94 bits per heavy atom. The van der Waals surface area contributed by atoms with Gasteiger partial charge in [-0.25, -0.2) is 4.79 Å². The lowest BCUT2D eigenvalue weighted by Gasteiger charge is -2.18. The molecule has 16 heavy (non-hydrogen) atoms. The van der Waals surface area contributed by atoms with Crippen LogP contribution in [0, 0.1) is 5.92 Å². The number of rotatable bonds is 7. The van der Waals surface area contributed by atoms with Crippen molar-refractivity contribution in [2.24, 2.45) is 11.7 Å². The number of carboxylic acids is 1. The molecule has 0 saturated carbocycles. The predicted molar refractivity (Wildman–Crippen MR) is 58.7 cm³/mol. The third kappa shape index (κ3) is 5.67. The second kappa shape index (κ2) is 7.19. The van der Waals surface area contributed by atoms with Gasteiger partial charge in [0.25, 0.3) is 0 Å². The van der Waals surface area contributed by atoms with E-state index in [-0.39, 0.29) is 18.9 Å². The summed E-state index contributed by atoms with van der Waals surface area (Å²) in [5.41, 5.74) is 5.44. The Kier molecular flexibility index (Phi) is 6.67. The highest BCUT2D eigenvalue weighted by Gasteiger charge is 2.23. The first kappa shape index (κ1) is 14.9. The van der Waals surface area contributed by atoms with Crippen molar-refractivity contribution in [3.8, 4) is 0 Å². The molecule has 0 aromatic rings. The highest BCUT2D eigenvalue weighted by Crippen LogP contribution is 2.05. The molecule has 0 rings (SSSR count). The van der Waals surface area contributed by atoms with Gasteiger partial charge >= 0.3 is 5.97 Å². The molecule has 2 atom stereocenters. The van der Waals surface area contributed by atoms with E-state index in [4.69, 9.17) is 15.9 Å². The molecule has 0 fully saturated rings. The van der Waals surface area contributed by atoms with E-state index in [0.29, 0.717) is 6.42 Å². The number of carbonyl (C=O) groups is 2. The maximum Gasteiger partial charge on any atom is 0.326 e. The summed E-state index contributed by atoms with van der Waals surface area (Å²) in [7, 11) is 0. The summed E-state index contributed by atoms with van der Waals surface area (Å²) in [6, 6.07) is -1.78. The largest absolute Gasteiger partial charge is 0.480 e. The Morgan fingerprint density at radius 3 is 2.31 bits per heavy atom. The van der Waals surface area contributed by atoms with Gasteiger partial charge in [-0.3, -0.25) is 4.79 Å². The molecule has 0 spiro atoms. The number of nitrogens with two attached hydrogens (primary N) is 1. The Balaban J connectivity index is 4.28. The highest BCUT2D eigenvalue weighted by molar-refractivity contribution is 5.86. The molecule has 94 valence electrons. The summed E-state index contributed by atoms with van der Waals surface area (Å²) in [4.78, 5) is 22.3. The van der Waals surface area contributed by atoms with Crippen molar-refractivity contribution in [2.45, 2.75) is 38.8 Å². The van der Waals surface area contributed by atoms with Gasteiger partial charge in [-0.2, -0.15) is 0 Å². The third-order valence-electron chi connectivity index (χ3n) is 2.10. The van der Waals surface area contributed by atoms with Crippen LogP contribution in [0.25, 0.3) is 0 Å². The Labute approximate surface area is 94.8 Å². The number of aliphatic hydroxyl groups excluding tert-OH is 1. The van der Waals surface area contributed by atoms with Crippen molar-refractivity contribution in [2.75, 3.05) is 6.61 Å². The van der Waals surface area contributed by atoms with E-state index >= 15 is 0 Å². The van der Waals surface area contributed by atoms with E-state index in [2.05, 4.69) is 5.32 Å². The summed E-state index contributed by atoms with van der Waals surface area (Å²) in [5.74, 6) is -1.45. The fraction of sp³-hybridized carbons (Fsp3) is 0.800. The molecule has 0 saturated heterocycles. The molecule has 2 unspecified atom stereocenters. The molecular weight excluding hydrogens is 212 g/mol. The minimum absolute atomic E-state index is 0.125. The molecule has 0 aliphatic heterocycles. The molecule has 5 N–H and O–H groups in total. The van der Waals surface area contributed by atoms with Gasteiger partial charge in [-0.1, -0.05) is 13.8 Å². The van der Waals surface area contributed by atoms with Crippen LogP contribution in [0.3, 0.4) is 0 Å². The Morgan fingerprint density at radius 1 is 1.38 bits per heavy atom. The number of aliphatic carboxylic acids is 1. The van der Waals surface area contributed by atoms with E-state index in [9.17, 15) is 9.59 Å². The SMILES string of the molecule is CC(C)CC(NC(=O)C(N)CCO)C(=O)O. The first-order chi connectivity index (χ1) is 7.38. The van der Waals surface area contributed by atoms with Gasteiger partial charge in [-0.05, 0) is 18.8 Å². The maximum atomic E-state index is 11.4. The van der Waals surface area contributed by atoms with Crippen molar-refractivity contribution in [3.63, 3.8) is 0 Å². The molecular formula is C10H20N2O4. The third-order valence-corrected chi connectivity index (χ3v) is 2.10. The van der Waals surface area contributed by atoms with E-state index in [1.54, 1.807) is 0 Å². The molecule has 1 amide bonds. The van der Waals surface area contributed by atoms with Crippen LogP contribution in [0.2, 0.25) is 0 Å². The standard InChI is InChI=1S/C10H20N2O4/c1-6(2)5-8(10(15)16)12-9(14)7(11)3-4-13/h6-8,13H,3-5,11H2,1-2H3,(H,12,14)(H,15,16).